The first kappa shape index (κ1) is 18.9. The minimum Gasteiger partial charge on any atom is -0.324 e. The normalized spacial score (nSPS) is 11.4. The number of amides is 1. The molecule has 0 radical (unpaired) electrons. The molecule has 0 aliphatic carbocycles. The van der Waals surface area contributed by atoms with Crippen LogP contribution in [0.2, 0.25) is 0 Å². The van der Waals surface area contributed by atoms with Crippen LogP contribution in [0, 0.1) is 13.8 Å². The molecular formula is C21H22N2O3S. The zero-order valence-corrected chi connectivity index (χ0v) is 16.4. The van der Waals surface area contributed by atoms with Gasteiger partial charge < -0.3 is 5.32 Å². The monoisotopic (exact) mass is 382 g/mol. The molecule has 5 nitrogen and oxygen atoms in total. The van der Waals surface area contributed by atoms with Gasteiger partial charge in [-0.2, -0.15) is 0 Å². The number of hydrogen-bond acceptors (Lipinski definition) is 3. The largest absolute Gasteiger partial charge is 0.324 e. The van der Waals surface area contributed by atoms with E-state index in [1.165, 1.54) is 0 Å². The third-order valence-corrected chi connectivity index (χ3v) is 5.73. The second-order valence-electron chi connectivity index (χ2n) is 6.56. The Morgan fingerprint density at radius 3 is 2.37 bits per heavy atom. The van der Waals surface area contributed by atoms with E-state index in [0.29, 0.717) is 11.4 Å². The Hall–Kier alpha value is -2.86. The van der Waals surface area contributed by atoms with Crippen LogP contribution in [0.25, 0.3) is 10.8 Å². The van der Waals surface area contributed by atoms with Crippen molar-refractivity contribution < 1.29 is 13.2 Å². The van der Waals surface area contributed by atoms with Crippen LogP contribution in [-0.2, 0) is 14.8 Å². The first-order valence-corrected chi connectivity index (χ1v) is 10.4. The average Bonchev–Trinajstić information content (AvgIpc) is 2.62. The molecule has 6 heteroatoms. The van der Waals surface area contributed by atoms with Gasteiger partial charge in [-0.3, -0.25) is 9.10 Å². The maximum atomic E-state index is 12.6. The Morgan fingerprint density at radius 2 is 1.63 bits per heavy atom. The summed E-state index contributed by atoms with van der Waals surface area (Å²) in [5.74, 6) is -0.387. The molecule has 0 heterocycles. The Bertz CT molecular complexity index is 1100. The van der Waals surface area contributed by atoms with E-state index in [1.54, 1.807) is 12.1 Å². The fourth-order valence-corrected chi connectivity index (χ4v) is 3.88. The highest BCUT2D eigenvalue weighted by Crippen LogP contribution is 2.28. The van der Waals surface area contributed by atoms with Crippen LogP contribution < -0.4 is 9.62 Å². The lowest BCUT2D eigenvalue weighted by Gasteiger charge is -2.23. The summed E-state index contributed by atoms with van der Waals surface area (Å²) in [4.78, 5) is 12.6. The number of hydrogen-bond donors (Lipinski definition) is 1. The van der Waals surface area contributed by atoms with Gasteiger partial charge in [0.1, 0.15) is 6.54 Å². The quantitative estimate of drug-likeness (QED) is 0.729. The Morgan fingerprint density at radius 1 is 0.963 bits per heavy atom. The summed E-state index contributed by atoms with van der Waals surface area (Å²) in [7, 11) is -3.64. The first-order chi connectivity index (χ1) is 12.8. The van der Waals surface area contributed by atoms with Gasteiger partial charge in [0.05, 0.1) is 11.9 Å². The van der Waals surface area contributed by atoms with E-state index >= 15 is 0 Å². The summed E-state index contributed by atoms with van der Waals surface area (Å²) in [6.07, 6.45) is 1.11. The summed E-state index contributed by atoms with van der Waals surface area (Å²) >= 11 is 0. The SMILES string of the molecule is Cc1cccc(NC(=O)CN(c2cccc3ccccc23)S(C)(=O)=O)c1C. The van der Waals surface area contributed by atoms with Crippen LogP contribution in [0.4, 0.5) is 11.4 Å². The predicted octanol–water partition coefficient (Wildman–Crippen LogP) is 3.86. The van der Waals surface area contributed by atoms with Crippen LogP contribution in [0.1, 0.15) is 11.1 Å². The topological polar surface area (TPSA) is 66.5 Å². The maximum Gasteiger partial charge on any atom is 0.245 e. The fraction of sp³-hybridized carbons (Fsp3) is 0.190. The van der Waals surface area contributed by atoms with Crippen molar-refractivity contribution in [1.29, 1.82) is 0 Å². The molecule has 3 aromatic rings. The van der Waals surface area contributed by atoms with Crippen molar-refractivity contribution in [2.75, 3.05) is 22.4 Å². The Labute approximate surface area is 159 Å². The lowest BCUT2D eigenvalue weighted by molar-refractivity contribution is -0.114. The van der Waals surface area contributed by atoms with E-state index in [0.717, 1.165) is 32.5 Å². The van der Waals surface area contributed by atoms with Crippen LogP contribution in [0.3, 0.4) is 0 Å². The second-order valence-corrected chi connectivity index (χ2v) is 8.47. The zero-order valence-electron chi connectivity index (χ0n) is 15.6. The van der Waals surface area contributed by atoms with Crippen molar-refractivity contribution in [3.05, 3.63) is 71.8 Å². The van der Waals surface area contributed by atoms with Crippen LogP contribution >= 0.6 is 0 Å². The van der Waals surface area contributed by atoms with E-state index in [4.69, 9.17) is 0 Å². The van der Waals surface area contributed by atoms with Gasteiger partial charge in [0, 0.05) is 11.1 Å². The van der Waals surface area contributed by atoms with Crippen molar-refractivity contribution in [3.63, 3.8) is 0 Å². The number of carbonyl (C=O) groups excluding carboxylic acids is 1. The fourth-order valence-electron chi connectivity index (χ4n) is 3.01. The summed E-state index contributed by atoms with van der Waals surface area (Å²) < 4.78 is 26.0. The van der Waals surface area contributed by atoms with E-state index in [9.17, 15) is 13.2 Å². The molecule has 0 saturated carbocycles. The molecular weight excluding hydrogens is 360 g/mol. The van der Waals surface area contributed by atoms with Gasteiger partial charge in [0.25, 0.3) is 0 Å². The molecule has 0 fully saturated rings. The van der Waals surface area contributed by atoms with Gasteiger partial charge in [-0.25, -0.2) is 8.42 Å². The number of anilines is 2. The highest BCUT2D eigenvalue weighted by Gasteiger charge is 2.22. The van der Waals surface area contributed by atoms with E-state index in [1.807, 2.05) is 62.4 Å². The minimum atomic E-state index is -3.64. The summed E-state index contributed by atoms with van der Waals surface area (Å²) in [6.45, 7) is 3.59. The van der Waals surface area contributed by atoms with Gasteiger partial charge in [0.15, 0.2) is 0 Å². The third kappa shape index (κ3) is 4.11. The van der Waals surface area contributed by atoms with Crippen molar-refractivity contribution in [3.8, 4) is 0 Å². The maximum absolute atomic E-state index is 12.6. The number of carbonyl (C=O) groups is 1. The summed E-state index contributed by atoms with van der Waals surface area (Å²) in [6, 6.07) is 18.6. The summed E-state index contributed by atoms with van der Waals surface area (Å²) in [5.41, 5.74) is 3.20. The van der Waals surface area contributed by atoms with Crippen molar-refractivity contribution in [1.82, 2.24) is 0 Å². The number of nitrogens with zero attached hydrogens (tertiary/aromatic N) is 1. The number of rotatable bonds is 5. The molecule has 0 aromatic heterocycles. The molecule has 0 unspecified atom stereocenters. The van der Waals surface area contributed by atoms with Gasteiger partial charge in [-0.15, -0.1) is 0 Å². The van der Waals surface area contributed by atoms with Crippen LogP contribution in [0.5, 0.6) is 0 Å². The smallest absolute Gasteiger partial charge is 0.245 e. The number of benzene rings is 3. The molecule has 0 aliphatic rings. The standard InChI is InChI=1S/C21H22N2O3S/c1-15-8-6-12-19(16(15)2)22-21(24)14-23(27(3,25)26)20-13-7-10-17-9-4-5-11-18(17)20/h4-13H,14H2,1-3H3,(H,22,24). The average molecular weight is 382 g/mol. The summed E-state index contributed by atoms with van der Waals surface area (Å²) in [5, 5.41) is 4.52. The van der Waals surface area contributed by atoms with Crippen LogP contribution in [0.15, 0.2) is 60.7 Å². The predicted molar refractivity (Wildman–Crippen MR) is 111 cm³/mol. The van der Waals surface area contributed by atoms with E-state index in [2.05, 4.69) is 5.32 Å². The first-order valence-electron chi connectivity index (χ1n) is 8.59. The molecule has 0 atom stereocenters. The molecule has 140 valence electrons. The molecule has 0 aliphatic heterocycles. The van der Waals surface area contributed by atoms with Crippen molar-refractivity contribution >= 4 is 38.1 Å². The molecule has 27 heavy (non-hydrogen) atoms. The van der Waals surface area contributed by atoms with Gasteiger partial charge in [-0.05, 0) is 42.5 Å². The van der Waals surface area contributed by atoms with Gasteiger partial charge in [0.2, 0.25) is 15.9 Å². The number of fused-ring (bicyclic) bond motifs is 1. The molecule has 0 spiro atoms. The lowest BCUT2D eigenvalue weighted by atomic mass is 10.1. The van der Waals surface area contributed by atoms with E-state index in [-0.39, 0.29) is 12.5 Å². The third-order valence-electron chi connectivity index (χ3n) is 4.60. The van der Waals surface area contributed by atoms with Crippen LogP contribution in [-0.4, -0.2) is 27.1 Å². The van der Waals surface area contributed by atoms with Gasteiger partial charge >= 0.3 is 0 Å². The zero-order chi connectivity index (χ0) is 19.6. The number of aryl methyl sites for hydroxylation is 1. The molecule has 3 aromatic carbocycles. The second kappa shape index (κ2) is 7.40. The van der Waals surface area contributed by atoms with Crippen molar-refractivity contribution in [2.24, 2.45) is 0 Å². The van der Waals surface area contributed by atoms with Crippen molar-refractivity contribution in [2.45, 2.75) is 13.8 Å². The Balaban J connectivity index is 1.95. The highest BCUT2D eigenvalue weighted by molar-refractivity contribution is 7.92. The Kier molecular flexibility index (Phi) is 5.19. The molecule has 1 amide bonds. The highest BCUT2D eigenvalue weighted by atomic mass is 32.2. The molecule has 1 N–H and O–H groups in total. The molecule has 0 bridgehead atoms. The molecule has 3 rings (SSSR count). The van der Waals surface area contributed by atoms with Gasteiger partial charge in [-0.1, -0.05) is 48.5 Å². The number of sulfonamides is 1. The lowest BCUT2D eigenvalue weighted by Crippen LogP contribution is -2.37. The van der Waals surface area contributed by atoms with E-state index < -0.39 is 10.0 Å². The minimum absolute atomic E-state index is 0.291. The number of nitrogens with one attached hydrogen (secondary N) is 1. The molecule has 0 saturated heterocycles.